The van der Waals surface area contributed by atoms with E-state index < -0.39 is 11.5 Å². The zero-order valence-electron chi connectivity index (χ0n) is 20.5. The van der Waals surface area contributed by atoms with Gasteiger partial charge in [0.2, 0.25) is 5.91 Å². The number of rotatable bonds is 4. The summed E-state index contributed by atoms with van der Waals surface area (Å²) in [6.07, 6.45) is 0. The summed E-state index contributed by atoms with van der Waals surface area (Å²) in [5, 5.41) is 3.75. The lowest BCUT2D eigenvalue weighted by Gasteiger charge is -2.40. The molecule has 4 nitrogen and oxygen atoms in total. The van der Waals surface area contributed by atoms with Crippen LogP contribution in [0.2, 0.25) is 5.02 Å². The maximum absolute atomic E-state index is 14.6. The molecule has 38 heavy (non-hydrogen) atoms. The first-order valence-electron chi connectivity index (χ1n) is 12.8. The number of carbonyl (C=O) groups excluding carboxylic acids is 2. The number of fused-ring (bicyclic) bond motifs is 4. The summed E-state index contributed by atoms with van der Waals surface area (Å²) in [4.78, 5) is 31.4. The van der Waals surface area contributed by atoms with Gasteiger partial charge in [-0.3, -0.25) is 14.5 Å². The average molecular weight is 537 g/mol. The quantitative estimate of drug-likeness (QED) is 0.288. The topological polar surface area (TPSA) is 49.4 Å². The second-order valence-corrected chi connectivity index (χ2v) is 11.7. The van der Waals surface area contributed by atoms with Crippen molar-refractivity contribution in [1.29, 1.82) is 0 Å². The number of halogens is 1. The lowest BCUT2D eigenvalue weighted by Crippen LogP contribution is -2.53. The number of Topliss-reactive ketones (excluding diaryl/α,β-unsaturated/α-hetero) is 1. The molecule has 6 heteroatoms. The SMILES string of the molecule is O=C(c1ccccc1)[C@H]1[C@H](c2ccc(Cl)cc2)[C@H]2CS[C@H](c3ccccc3)N2[C@]12C(=O)Nc1ccccc12. The molecule has 4 aromatic carbocycles. The first-order valence-corrected chi connectivity index (χ1v) is 14.2. The summed E-state index contributed by atoms with van der Waals surface area (Å²) >= 11 is 8.14. The van der Waals surface area contributed by atoms with Gasteiger partial charge in [0, 0.05) is 39.5 Å². The van der Waals surface area contributed by atoms with Crippen molar-refractivity contribution in [3.8, 4) is 0 Å². The first kappa shape index (κ1) is 23.7. The van der Waals surface area contributed by atoms with Gasteiger partial charge in [0.15, 0.2) is 5.78 Å². The van der Waals surface area contributed by atoms with E-state index in [1.165, 1.54) is 0 Å². The van der Waals surface area contributed by atoms with Crippen LogP contribution in [0.4, 0.5) is 5.69 Å². The van der Waals surface area contributed by atoms with Gasteiger partial charge in [-0.2, -0.15) is 0 Å². The van der Waals surface area contributed by atoms with E-state index >= 15 is 0 Å². The van der Waals surface area contributed by atoms with Gasteiger partial charge in [-0.25, -0.2) is 0 Å². The molecule has 188 valence electrons. The van der Waals surface area contributed by atoms with Crippen LogP contribution < -0.4 is 5.32 Å². The Balaban J connectivity index is 1.52. The number of hydrogen-bond donors (Lipinski definition) is 1. The van der Waals surface area contributed by atoms with Crippen molar-refractivity contribution in [2.24, 2.45) is 5.92 Å². The molecular weight excluding hydrogens is 512 g/mol. The minimum atomic E-state index is -1.15. The summed E-state index contributed by atoms with van der Waals surface area (Å²) in [6.45, 7) is 0. The number of thioether (sulfide) groups is 1. The maximum Gasteiger partial charge on any atom is 0.250 e. The first-order chi connectivity index (χ1) is 18.6. The fourth-order valence-electron chi connectivity index (χ4n) is 6.83. The van der Waals surface area contributed by atoms with Crippen LogP contribution in [0, 0.1) is 5.92 Å². The van der Waals surface area contributed by atoms with Gasteiger partial charge in [0.25, 0.3) is 0 Å². The second-order valence-electron chi connectivity index (χ2n) is 10.1. The average Bonchev–Trinajstić information content (AvgIpc) is 3.61. The van der Waals surface area contributed by atoms with E-state index in [9.17, 15) is 9.59 Å². The van der Waals surface area contributed by atoms with Crippen LogP contribution in [0.1, 0.15) is 38.3 Å². The largest absolute Gasteiger partial charge is 0.324 e. The van der Waals surface area contributed by atoms with E-state index in [1.54, 1.807) is 0 Å². The number of carbonyl (C=O) groups is 2. The van der Waals surface area contributed by atoms with Crippen molar-refractivity contribution in [3.63, 3.8) is 0 Å². The van der Waals surface area contributed by atoms with E-state index in [-0.39, 0.29) is 29.0 Å². The van der Waals surface area contributed by atoms with Crippen LogP contribution in [0.25, 0.3) is 0 Å². The van der Waals surface area contributed by atoms with E-state index in [4.69, 9.17) is 11.6 Å². The van der Waals surface area contributed by atoms with Crippen molar-refractivity contribution in [3.05, 3.63) is 136 Å². The Kier molecular flexibility index (Phi) is 5.69. The van der Waals surface area contributed by atoms with E-state index in [2.05, 4.69) is 22.3 Å². The molecule has 7 rings (SSSR count). The molecule has 0 radical (unpaired) electrons. The molecule has 0 saturated carbocycles. The van der Waals surface area contributed by atoms with Gasteiger partial charge in [0.05, 0.1) is 11.3 Å². The molecule has 0 unspecified atom stereocenters. The lowest BCUT2D eigenvalue weighted by molar-refractivity contribution is -0.128. The summed E-state index contributed by atoms with van der Waals surface area (Å²) in [5.41, 5.74) is 3.30. The zero-order chi connectivity index (χ0) is 25.9. The fourth-order valence-corrected chi connectivity index (χ4v) is 8.53. The Labute approximate surface area is 231 Å². The molecule has 3 aliphatic rings. The van der Waals surface area contributed by atoms with Crippen LogP contribution in [0.15, 0.2) is 109 Å². The maximum atomic E-state index is 14.6. The van der Waals surface area contributed by atoms with Gasteiger partial charge in [-0.05, 0) is 29.3 Å². The number of benzene rings is 4. The zero-order valence-corrected chi connectivity index (χ0v) is 22.0. The fraction of sp³-hybridized carbons (Fsp3) is 0.188. The number of amides is 1. The highest BCUT2D eigenvalue weighted by molar-refractivity contribution is 7.99. The molecule has 0 aliphatic carbocycles. The molecule has 2 fully saturated rings. The highest BCUT2D eigenvalue weighted by Crippen LogP contribution is 2.65. The van der Waals surface area contributed by atoms with Crippen LogP contribution in [-0.2, 0) is 10.3 Å². The van der Waals surface area contributed by atoms with Crippen molar-refractivity contribution >= 4 is 40.7 Å². The summed E-state index contributed by atoms with van der Waals surface area (Å²) < 4.78 is 0. The highest BCUT2D eigenvalue weighted by Gasteiger charge is 2.71. The Bertz CT molecular complexity index is 1530. The summed E-state index contributed by atoms with van der Waals surface area (Å²) in [7, 11) is 0. The molecule has 5 atom stereocenters. The van der Waals surface area contributed by atoms with Gasteiger partial charge in [-0.1, -0.05) is 103 Å². The predicted octanol–water partition coefficient (Wildman–Crippen LogP) is 6.90. The van der Waals surface area contributed by atoms with Gasteiger partial charge >= 0.3 is 0 Å². The third kappa shape index (κ3) is 3.35. The standard InChI is InChI=1S/C32H25ClN2O2S/c33-23-17-15-20(16-18-23)27-26-19-38-30(22-11-5-2-6-12-22)35(26)32(24-13-7-8-14-25(24)34-31(32)37)28(27)29(36)21-9-3-1-4-10-21/h1-18,26-28,30H,19H2,(H,34,37)/t26-,27-,28-,30-,32+/m1/s1. The van der Waals surface area contributed by atoms with Crippen LogP contribution in [0.3, 0.4) is 0 Å². The number of ketones is 1. The molecule has 2 saturated heterocycles. The summed E-state index contributed by atoms with van der Waals surface area (Å²) in [6, 6.07) is 35.4. The molecule has 0 bridgehead atoms. The van der Waals surface area contributed by atoms with Gasteiger partial charge < -0.3 is 5.32 Å². The Morgan fingerprint density at radius 1 is 0.842 bits per heavy atom. The number of anilines is 1. The Morgan fingerprint density at radius 2 is 1.50 bits per heavy atom. The van der Waals surface area contributed by atoms with Crippen molar-refractivity contribution < 1.29 is 9.59 Å². The smallest absolute Gasteiger partial charge is 0.250 e. The van der Waals surface area contributed by atoms with E-state index in [0.29, 0.717) is 10.6 Å². The summed E-state index contributed by atoms with van der Waals surface area (Å²) in [5.74, 6) is -0.144. The van der Waals surface area contributed by atoms with Crippen LogP contribution >= 0.6 is 23.4 Å². The van der Waals surface area contributed by atoms with Crippen molar-refractivity contribution in [2.75, 3.05) is 11.1 Å². The van der Waals surface area contributed by atoms with Crippen molar-refractivity contribution in [2.45, 2.75) is 22.9 Å². The molecule has 3 heterocycles. The lowest BCUT2D eigenvalue weighted by atomic mass is 9.69. The van der Waals surface area contributed by atoms with Crippen LogP contribution in [0.5, 0.6) is 0 Å². The number of hydrogen-bond acceptors (Lipinski definition) is 4. The third-order valence-corrected chi connectivity index (χ3v) is 9.88. The molecule has 0 aromatic heterocycles. The molecule has 4 aromatic rings. The van der Waals surface area contributed by atoms with Crippen molar-refractivity contribution in [1.82, 2.24) is 4.90 Å². The van der Waals surface area contributed by atoms with E-state index in [0.717, 1.165) is 28.1 Å². The number of nitrogens with one attached hydrogen (secondary N) is 1. The molecule has 1 spiro atoms. The number of nitrogens with zero attached hydrogens (tertiary/aromatic N) is 1. The van der Waals surface area contributed by atoms with Gasteiger partial charge in [0.1, 0.15) is 5.54 Å². The van der Waals surface area contributed by atoms with Crippen LogP contribution in [-0.4, -0.2) is 28.4 Å². The minimum Gasteiger partial charge on any atom is -0.324 e. The Hall–Kier alpha value is -3.38. The second kappa shape index (κ2) is 9.12. The normalized spacial score (nSPS) is 27.8. The molecule has 3 aliphatic heterocycles. The predicted molar refractivity (Wildman–Crippen MR) is 152 cm³/mol. The molecule has 1 N–H and O–H groups in total. The van der Waals surface area contributed by atoms with E-state index in [1.807, 2.05) is 109 Å². The highest BCUT2D eigenvalue weighted by atomic mass is 35.5. The molecular formula is C32H25ClN2O2S. The van der Waals surface area contributed by atoms with Gasteiger partial charge in [-0.15, -0.1) is 11.8 Å². The third-order valence-electron chi connectivity index (χ3n) is 8.28. The molecule has 1 amide bonds. The Morgan fingerprint density at radius 3 is 2.24 bits per heavy atom. The number of para-hydroxylation sites is 1. The monoisotopic (exact) mass is 536 g/mol. The minimum absolute atomic E-state index is 0.0105.